The van der Waals surface area contributed by atoms with Gasteiger partial charge < -0.3 is 39.9 Å². The Labute approximate surface area is 292 Å². The molecular formula is C37H44N8O5. The Morgan fingerprint density at radius 2 is 1.16 bits per heavy atom. The molecule has 0 saturated carbocycles. The van der Waals surface area contributed by atoms with Crippen molar-refractivity contribution >= 4 is 17.9 Å². The third kappa shape index (κ3) is 10.7. The van der Waals surface area contributed by atoms with Gasteiger partial charge in [0.25, 0.3) is 0 Å². The molecule has 4 aromatic rings. The molecule has 2 aromatic carbocycles. The van der Waals surface area contributed by atoms with Crippen molar-refractivity contribution in [3.8, 4) is 34.4 Å². The van der Waals surface area contributed by atoms with Crippen LogP contribution in [0.25, 0.3) is 22.5 Å². The van der Waals surface area contributed by atoms with E-state index in [2.05, 4.69) is 53.7 Å². The number of nitrogens with zero attached hydrogens (tertiary/aromatic N) is 4. The molecule has 0 radical (unpaired) electrons. The molecule has 4 N–H and O–H groups in total. The van der Waals surface area contributed by atoms with Crippen LogP contribution in [-0.4, -0.2) is 88.0 Å². The fourth-order valence-electron chi connectivity index (χ4n) is 4.96. The molecule has 3 amide bonds. The van der Waals surface area contributed by atoms with Crippen LogP contribution in [0.15, 0.2) is 73.4 Å². The Bertz CT molecular complexity index is 1670. The zero-order chi connectivity index (χ0) is 35.9. The quantitative estimate of drug-likeness (QED) is 0.100. The van der Waals surface area contributed by atoms with Gasteiger partial charge in [0.1, 0.15) is 18.2 Å². The molecule has 2 aromatic heterocycles. The van der Waals surface area contributed by atoms with Gasteiger partial charge in [-0.05, 0) is 54.8 Å². The van der Waals surface area contributed by atoms with Gasteiger partial charge in [-0.1, -0.05) is 50.0 Å². The molecule has 262 valence electrons. The molecule has 13 nitrogen and oxygen atoms in total. The number of aromatic amines is 2. The van der Waals surface area contributed by atoms with Crippen LogP contribution in [0.3, 0.4) is 0 Å². The van der Waals surface area contributed by atoms with E-state index in [1.54, 1.807) is 22.2 Å². The fourth-order valence-corrected chi connectivity index (χ4v) is 4.96. The molecule has 0 atom stereocenters. The molecule has 4 rings (SSSR count). The highest BCUT2D eigenvalue weighted by Gasteiger charge is 2.17. The summed E-state index contributed by atoms with van der Waals surface area (Å²) in [6, 6.07) is 15.7. The summed E-state index contributed by atoms with van der Waals surface area (Å²) in [7, 11) is 2.75. The summed E-state index contributed by atoms with van der Waals surface area (Å²) in [5.74, 6) is 7.83. The summed E-state index contributed by atoms with van der Waals surface area (Å²) in [6.07, 6.45) is 4.45. The monoisotopic (exact) mass is 680 g/mol. The number of H-pyrrole nitrogens is 2. The first kappa shape index (κ1) is 36.8. The Morgan fingerprint density at radius 1 is 0.720 bits per heavy atom. The minimum absolute atomic E-state index is 0.0662. The van der Waals surface area contributed by atoms with Crippen molar-refractivity contribution in [1.29, 1.82) is 0 Å². The van der Waals surface area contributed by atoms with Gasteiger partial charge >= 0.3 is 6.09 Å². The molecule has 50 heavy (non-hydrogen) atoms. The molecule has 0 fully saturated rings. The second-order valence-electron chi connectivity index (χ2n) is 11.3. The van der Waals surface area contributed by atoms with E-state index in [9.17, 15) is 14.4 Å². The van der Waals surface area contributed by atoms with Gasteiger partial charge in [0.15, 0.2) is 5.88 Å². The summed E-state index contributed by atoms with van der Waals surface area (Å²) in [5, 5.41) is 5.30. The van der Waals surface area contributed by atoms with E-state index >= 15 is 0 Å². The third-order valence-corrected chi connectivity index (χ3v) is 7.63. The van der Waals surface area contributed by atoms with Gasteiger partial charge in [-0.3, -0.25) is 9.59 Å². The molecule has 0 bridgehead atoms. The molecule has 13 heteroatoms. The zero-order valence-electron chi connectivity index (χ0n) is 29.0. The number of nitrogens with one attached hydrogen (secondary N) is 4. The van der Waals surface area contributed by atoms with E-state index < -0.39 is 6.09 Å². The number of benzene rings is 2. The van der Waals surface area contributed by atoms with Gasteiger partial charge in [-0.15, -0.1) is 0 Å². The number of carbonyl (C=O) groups excluding carboxylic acids is 3. The molecule has 0 aliphatic rings. The first-order chi connectivity index (χ1) is 24.2. The predicted octanol–water partition coefficient (Wildman–Crippen LogP) is 4.41. The van der Waals surface area contributed by atoms with Gasteiger partial charge in [0.2, 0.25) is 11.8 Å². The van der Waals surface area contributed by atoms with Crippen molar-refractivity contribution < 1.29 is 23.9 Å². The van der Waals surface area contributed by atoms with Crippen molar-refractivity contribution in [1.82, 2.24) is 40.4 Å². The largest absolute Gasteiger partial charge is 0.483 e. The molecule has 0 aliphatic heterocycles. The summed E-state index contributed by atoms with van der Waals surface area (Å²) in [6.45, 7) is 9.45. The van der Waals surface area contributed by atoms with Crippen LogP contribution in [0, 0.1) is 11.8 Å². The second kappa shape index (κ2) is 18.5. The molecule has 0 unspecified atom stereocenters. The van der Waals surface area contributed by atoms with Gasteiger partial charge in [0, 0.05) is 24.2 Å². The minimum Gasteiger partial charge on any atom is -0.483 e. The maximum atomic E-state index is 12.7. The van der Waals surface area contributed by atoms with Crippen molar-refractivity contribution in [2.75, 3.05) is 40.4 Å². The van der Waals surface area contributed by atoms with Gasteiger partial charge in [-0.2, -0.15) is 0 Å². The average Bonchev–Trinajstić information content (AvgIpc) is 3.82. The Balaban J connectivity index is 1.33. The van der Waals surface area contributed by atoms with E-state index in [0.29, 0.717) is 43.7 Å². The lowest BCUT2D eigenvalue weighted by molar-refractivity contribution is -0.131. The maximum Gasteiger partial charge on any atom is 0.407 e. The number of imidazole rings is 2. The number of amides is 3. The van der Waals surface area contributed by atoms with Crippen molar-refractivity contribution in [2.45, 2.75) is 39.8 Å². The number of hydrogen-bond acceptors (Lipinski definition) is 8. The van der Waals surface area contributed by atoms with E-state index in [0.717, 1.165) is 46.5 Å². The highest BCUT2D eigenvalue weighted by atomic mass is 16.5. The summed E-state index contributed by atoms with van der Waals surface area (Å²) >= 11 is 0. The lowest BCUT2D eigenvalue weighted by Gasteiger charge is -2.21. The highest BCUT2D eigenvalue weighted by Crippen LogP contribution is 2.20. The molecule has 0 spiro atoms. The molecular weight excluding hydrogens is 636 g/mol. The number of methoxy groups -OCH3 is 2. The number of carbonyl (C=O) groups is 3. The Hall–Kier alpha value is -6.03. The van der Waals surface area contributed by atoms with Crippen molar-refractivity contribution in [3.05, 3.63) is 96.2 Å². The lowest BCUT2D eigenvalue weighted by atomic mass is 10.1. The van der Waals surface area contributed by atoms with E-state index in [1.165, 1.54) is 14.2 Å². The van der Waals surface area contributed by atoms with Crippen LogP contribution in [0.5, 0.6) is 0 Å². The number of ether oxygens (including phenoxy) is 2. The Morgan fingerprint density at radius 3 is 1.56 bits per heavy atom. The number of alkyl carbamates (subject to hydrolysis) is 1. The average molecular weight is 681 g/mol. The second-order valence-corrected chi connectivity index (χ2v) is 11.3. The predicted molar refractivity (Wildman–Crippen MR) is 190 cm³/mol. The van der Waals surface area contributed by atoms with Crippen LogP contribution >= 0.6 is 0 Å². The normalized spacial score (nSPS) is 10.4. The van der Waals surface area contributed by atoms with Crippen LogP contribution in [0.1, 0.15) is 49.5 Å². The van der Waals surface area contributed by atoms with Crippen LogP contribution in [-0.2, 0) is 32.2 Å². The van der Waals surface area contributed by atoms with E-state index in [-0.39, 0.29) is 24.9 Å². The van der Waals surface area contributed by atoms with Crippen molar-refractivity contribution in [2.24, 2.45) is 0 Å². The molecule has 0 saturated heterocycles. The van der Waals surface area contributed by atoms with E-state index in [4.69, 9.17) is 4.74 Å². The number of aromatic nitrogens is 4. The molecule has 2 heterocycles. The summed E-state index contributed by atoms with van der Waals surface area (Å²) in [5.41, 5.74) is 5.31. The highest BCUT2D eigenvalue weighted by molar-refractivity contribution is 5.82. The third-order valence-electron chi connectivity index (χ3n) is 7.63. The van der Waals surface area contributed by atoms with Crippen molar-refractivity contribution in [3.63, 3.8) is 0 Å². The van der Waals surface area contributed by atoms with Gasteiger partial charge in [-0.25, -0.2) is 14.8 Å². The lowest BCUT2D eigenvalue weighted by Crippen LogP contribution is -2.40. The van der Waals surface area contributed by atoms with Crippen LogP contribution < -0.4 is 10.6 Å². The smallest absolute Gasteiger partial charge is 0.407 e. The summed E-state index contributed by atoms with van der Waals surface area (Å²) < 4.78 is 9.53. The number of rotatable bonds is 16. The molecule has 0 aliphatic carbocycles. The first-order valence-electron chi connectivity index (χ1n) is 16.4. The van der Waals surface area contributed by atoms with Gasteiger partial charge in [0.05, 0.1) is 57.6 Å². The van der Waals surface area contributed by atoms with Crippen LogP contribution in [0.4, 0.5) is 4.79 Å². The van der Waals surface area contributed by atoms with Crippen LogP contribution in [0.2, 0.25) is 0 Å². The Kier molecular flexibility index (Phi) is 13.6. The summed E-state index contributed by atoms with van der Waals surface area (Å²) in [4.78, 5) is 55.6. The standard InChI is InChI=1S/C37H44N8O5/c1-6-18-44(35(46)22-38-26(3)49-4)24-33-39-20-31(42-33)29-14-10-27(11-15-29)8-9-28-12-16-30(17-13-28)32-21-40-34(43-32)25-45(19-7-2)36(47)23-41-37(48)50-5/h10-17,20-21,38H,3,6-7,18-19,22-25H2,1-2,4-5H3,(H,39,42)(H,40,43)(H,41,48). The SMILES string of the molecule is C=C(NCC(=O)N(CCC)Cc1ncc(-c2ccc(C#Cc3ccc(-c4cnc(CN(CCC)C(=O)CNC(=O)OC)[nH]4)cc3)cc2)[nH]1)OC. The first-order valence-corrected chi connectivity index (χ1v) is 16.4. The topological polar surface area (TPSA) is 158 Å². The van der Waals surface area contributed by atoms with E-state index in [1.807, 2.05) is 62.4 Å². The fraction of sp³-hybridized carbons (Fsp3) is 0.324. The zero-order valence-corrected chi connectivity index (χ0v) is 29.0. The number of hydrogen-bond donors (Lipinski definition) is 4. The minimum atomic E-state index is -0.650. The maximum absolute atomic E-state index is 12.7.